The maximum absolute atomic E-state index is 14.2. The van der Waals surface area contributed by atoms with Crippen molar-refractivity contribution in [3.05, 3.63) is 72.0 Å². The first-order valence-electron chi connectivity index (χ1n) is 7.84. The van der Waals surface area contributed by atoms with Gasteiger partial charge in [0.1, 0.15) is 11.4 Å². The molecule has 4 heteroatoms. The van der Waals surface area contributed by atoms with E-state index in [1.165, 1.54) is 11.6 Å². The lowest BCUT2D eigenvalue weighted by molar-refractivity contribution is 0.630. The van der Waals surface area contributed by atoms with Crippen molar-refractivity contribution in [2.45, 2.75) is 13.3 Å². The molecule has 4 rings (SSSR count). The predicted molar refractivity (Wildman–Crippen MR) is 106 cm³/mol. The van der Waals surface area contributed by atoms with Gasteiger partial charge in [-0.15, -0.1) is 0 Å². The number of furan rings is 1. The minimum Gasteiger partial charge on any atom is -0.454 e. The van der Waals surface area contributed by atoms with Crippen LogP contribution in [0.2, 0.25) is 0 Å². The maximum Gasteiger partial charge on any atom is 0.159 e. The number of rotatable bonds is 3. The van der Waals surface area contributed by atoms with Crippen molar-refractivity contribution < 1.29 is 8.81 Å². The van der Waals surface area contributed by atoms with E-state index in [0.29, 0.717) is 5.69 Å². The van der Waals surface area contributed by atoms with Crippen LogP contribution in [-0.4, -0.2) is 0 Å². The quantitative estimate of drug-likeness (QED) is 0.263. The molecule has 0 saturated carbocycles. The minimum absolute atomic E-state index is 0.255. The molecule has 0 bridgehead atoms. The summed E-state index contributed by atoms with van der Waals surface area (Å²) in [6, 6.07) is 19.0. The monoisotopic (exact) mass is 431 g/mol. The fourth-order valence-electron chi connectivity index (χ4n) is 3.04. The largest absolute Gasteiger partial charge is 0.454 e. The summed E-state index contributed by atoms with van der Waals surface area (Å²) in [5.41, 5.74) is 4.24. The van der Waals surface area contributed by atoms with Gasteiger partial charge in [-0.05, 0) is 30.2 Å². The lowest BCUT2D eigenvalue weighted by atomic mass is 10.1. The molecule has 0 spiro atoms. The Morgan fingerprint density at radius 3 is 2.29 bits per heavy atom. The van der Waals surface area contributed by atoms with Crippen LogP contribution in [-0.2, 0) is 6.42 Å². The van der Waals surface area contributed by atoms with Crippen LogP contribution >= 0.6 is 22.9 Å². The zero-order chi connectivity index (χ0) is 16.7. The zero-order valence-corrected chi connectivity index (χ0v) is 15.2. The molecule has 0 aliphatic heterocycles. The van der Waals surface area contributed by atoms with E-state index in [2.05, 4.69) is 54.1 Å². The first-order valence-corrected chi connectivity index (χ1v) is 8.80. The average Bonchev–Trinajstić information content (AvgIpc) is 3.00. The van der Waals surface area contributed by atoms with E-state index in [9.17, 15) is 4.39 Å². The lowest BCUT2D eigenvalue weighted by Gasteiger charge is -2.17. The Kier molecular flexibility index (Phi) is 3.92. The predicted octanol–water partition coefficient (Wildman–Crippen LogP) is 6.78. The number of nitrogens with zero attached hydrogens (tertiary/aromatic N) is 1. The Morgan fingerprint density at radius 2 is 1.54 bits per heavy atom. The summed E-state index contributed by atoms with van der Waals surface area (Å²) in [6.07, 6.45) is 0.910. The summed E-state index contributed by atoms with van der Waals surface area (Å²) >= 11 is 2.12. The van der Waals surface area contributed by atoms with Gasteiger partial charge in [0.05, 0.1) is 34.2 Å². The van der Waals surface area contributed by atoms with Gasteiger partial charge in [0.2, 0.25) is 0 Å². The second-order valence-corrected chi connectivity index (χ2v) is 6.60. The molecule has 1 heterocycles. The highest BCUT2D eigenvalue weighted by molar-refractivity contribution is 14.1. The number of halogens is 2. The fourth-order valence-corrected chi connectivity index (χ4v) is 3.81. The van der Waals surface area contributed by atoms with E-state index in [4.69, 9.17) is 4.42 Å². The third-order valence-electron chi connectivity index (χ3n) is 4.24. The van der Waals surface area contributed by atoms with E-state index < -0.39 is 0 Å². The number of hydrogen-bond donors (Lipinski definition) is 0. The maximum atomic E-state index is 14.2. The van der Waals surface area contributed by atoms with Gasteiger partial charge in [-0.25, -0.2) is 4.39 Å². The van der Waals surface area contributed by atoms with Crippen molar-refractivity contribution in [1.29, 1.82) is 0 Å². The van der Waals surface area contributed by atoms with Gasteiger partial charge in [0, 0.05) is 10.8 Å². The molecule has 0 fully saturated rings. The van der Waals surface area contributed by atoms with Gasteiger partial charge >= 0.3 is 0 Å². The van der Waals surface area contributed by atoms with E-state index in [0.717, 1.165) is 34.0 Å². The third kappa shape index (κ3) is 2.36. The van der Waals surface area contributed by atoms with Crippen LogP contribution < -0.4 is 3.11 Å². The summed E-state index contributed by atoms with van der Waals surface area (Å²) in [4.78, 5) is 0. The molecule has 0 saturated heterocycles. The topological polar surface area (TPSA) is 16.4 Å². The molecule has 120 valence electrons. The molecule has 3 aromatic carbocycles. The van der Waals surface area contributed by atoms with Gasteiger partial charge in [-0.2, -0.15) is 0 Å². The summed E-state index contributed by atoms with van der Waals surface area (Å²) in [7, 11) is 0. The summed E-state index contributed by atoms with van der Waals surface area (Å²) in [5.74, 6) is -0.255. The van der Waals surface area contributed by atoms with Gasteiger partial charge in [0.25, 0.3) is 0 Å². The molecule has 4 aromatic rings. The highest BCUT2D eigenvalue weighted by Crippen LogP contribution is 2.41. The summed E-state index contributed by atoms with van der Waals surface area (Å²) in [6.45, 7) is 2.12. The minimum atomic E-state index is -0.255. The van der Waals surface area contributed by atoms with Crippen LogP contribution in [0.5, 0.6) is 0 Å². The first-order chi connectivity index (χ1) is 11.7. The van der Waals surface area contributed by atoms with Gasteiger partial charge in [0.15, 0.2) is 5.58 Å². The van der Waals surface area contributed by atoms with Crippen molar-refractivity contribution in [3.8, 4) is 0 Å². The number of anilines is 2. The van der Waals surface area contributed by atoms with Crippen molar-refractivity contribution >= 4 is 56.2 Å². The molecule has 0 atom stereocenters. The van der Waals surface area contributed by atoms with E-state index >= 15 is 0 Å². The standard InChI is InChI=1S/C20H15FINO/c1-2-13-7-5-8-14-15-9-6-12-18(20(15)24-19(13)14)23(22)17-11-4-3-10-16(17)21/h3-12H,2H2,1H3. The first kappa shape index (κ1) is 15.4. The Morgan fingerprint density at radius 1 is 0.875 bits per heavy atom. The van der Waals surface area contributed by atoms with Crippen LogP contribution in [0, 0.1) is 5.82 Å². The molecule has 0 aliphatic carbocycles. The molecule has 2 nitrogen and oxygen atoms in total. The van der Waals surface area contributed by atoms with E-state index in [1.807, 2.05) is 21.3 Å². The zero-order valence-electron chi connectivity index (χ0n) is 13.1. The van der Waals surface area contributed by atoms with Crippen LogP contribution in [0.4, 0.5) is 15.8 Å². The van der Waals surface area contributed by atoms with Crippen molar-refractivity contribution in [2.24, 2.45) is 0 Å². The van der Waals surface area contributed by atoms with Gasteiger partial charge in [-0.3, -0.25) is 3.11 Å². The number of fused-ring (bicyclic) bond motifs is 3. The average molecular weight is 431 g/mol. The Hall–Kier alpha value is -2.08. The smallest absolute Gasteiger partial charge is 0.159 e. The summed E-state index contributed by atoms with van der Waals surface area (Å²) in [5, 5.41) is 2.15. The molecule has 0 aliphatic rings. The normalized spacial score (nSPS) is 11.3. The molecule has 1 aromatic heterocycles. The third-order valence-corrected chi connectivity index (χ3v) is 5.28. The molecular weight excluding hydrogens is 416 g/mol. The Bertz CT molecular complexity index is 1040. The number of para-hydroxylation sites is 3. The number of aryl methyl sites for hydroxylation is 1. The van der Waals surface area contributed by atoms with Crippen LogP contribution in [0.15, 0.2) is 65.1 Å². The highest BCUT2D eigenvalue weighted by Gasteiger charge is 2.18. The van der Waals surface area contributed by atoms with Gasteiger partial charge < -0.3 is 4.42 Å². The van der Waals surface area contributed by atoms with Crippen LogP contribution in [0.3, 0.4) is 0 Å². The molecule has 0 radical (unpaired) electrons. The Labute approximate surface area is 153 Å². The molecule has 0 N–H and O–H groups in total. The van der Waals surface area contributed by atoms with E-state index in [1.54, 1.807) is 12.1 Å². The van der Waals surface area contributed by atoms with Crippen molar-refractivity contribution in [3.63, 3.8) is 0 Å². The molecule has 0 amide bonds. The molecule has 0 unspecified atom stereocenters. The van der Waals surface area contributed by atoms with Gasteiger partial charge in [-0.1, -0.05) is 49.4 Å². The number of benzene rings is 3. The SMILES string of the molecule is CCc1cccc2c1oc1c(N(I)c3ccccc3F)cccc12. The van der Waals surface area contributed by atoms with Crippen LogP contribution in [0.25, 0.3) is 21.9 Å². The Balaban J connectivity index is 1.98. The van der Waals surface area contributed by atoms with Crippen molar-refractivity contribution in [2.75, 3.05) is 3.11 Å². The fraction of sp³-hybridized carbons (Fsp3) is 0.100. The van der Waals surface area contributed by atoms with E-state index in [-0.39, 0.29) is 5.82 Å². The molecule has 24 heavy (non-hydrogen) atoms. The second-order valence-electron chi connectivity index (χ2n) is 5.64. The number of hydrogen-bond acceptors (Lipinski definition) is 2. The highest BCUT2D eigenvalue weighted by atomic mass is 127. The van der Waals surface area contributed by atoms with Crippen LogP contribution in [0.1, 0.15) is 12.5 Å². The van der Waals surface area contributed by atoms with Crippen molar-refractivity contribution in [1.82, 2.24) is 0 Å². The molecular formula is C20H15FINO. The second kappa shape index (κ2) is 6.09. The lowest BCUT2D eigenvalue weighted by Crippen LogP contribution is -2.03. The summed E-state index contributed by atoms with van der Waals surface area (Å²) < 4.78 is 22.2.